The minimum Gasteiger partial charge on any atom is -0.263 e. The van der Waals surface area contributed by atoms with Crippen LogP contribution in [0.1, 0.15) is 28.3 Å². The molecule has 0 unspecified atom stereocenters. The predicted octanol–water partition coefficient (Wildman–Crippen LogP) is 3.24. The molecule has 2 N–H and O–H groups in total. The highest BCUT2D eigenvalue weighted by Gasteiger charge is 2.31. The van der Waals surface area contributed by atoms with E-state index < -0.39 is 26.7 Å². The van der Waals surface area contributed by atoms with Gasteiger partial charge in [-0.2, -0.15) is 18.3 Å². The number of nitrogens with zero attached hydrogens (tertiary/aromatic N) is 2. The van der Waals surface area contributed by atoms with E-state index in [0.717, 1.165) is 29.3 Å². The average molecular weight is 424 g/mol. The molecule has 0 aliphatic rings. The largest absolute Gasteiger partial charge is 0.416 e. The molecule has 0 spiro atoms. The SMILES string of the molecule is Cc1cccc(Cc2nc(CCNS(=O)(=O)c3cccc(C(F)(F)F)c3)n[nH]2)c1. The van der Waals surface area contributed by atoms with Gasteiger partial charge in [-0.05, 0) is 30.7 Å². The molecule has 0 saturated heterocycles. The highest BCUT2D eigenvalue weighted by Crippen LogP contribution is 2.30. The van der Waals surface area contributed by atoms with E-state index in [4.69, 9.17) is 0 Å². The summed E-state index contributed by atoms with van der Waals surface area (Å²) in [7, 11) is -4.08. The van der Waals surface area contributed by atoms with Crippen LogP contribution in [0.4, 0.5) is 13.2 Å². The van der Waals surface area contributed by atoms with Gasteiger partial charge in [-0.1, -0.05) is 35.9 Å². The van der Waals surface area contributed by atoms with Crippen LogP contribution in [0.15, 0.2) is 53.4 Å². The van der Waals surface area contributed by atoms with Crippen LogP contribution in [-0.4, -0.2) is 30.1 Å². The van der Waals surface area contributed by atoms with Crippen LogP contribution in [-0.2, 0) is 29.0 Å². The number of aromatic nitrogens is 3. The topological polar surface area (TPSA) is 87.7 Å². The van der Waals surface area contributed by atoms with E-state index in [1.54, 1.807) is 0 Å². The molecule has 154 valence electrons. The van der Waals surface area contributed by atoms with Crippen molar-refractivity contribution in [2.24, 2.45) is 0 Å². The average Bonchev–Trinajstić information content (AvgIpc) is 3.08. The first-order chi connectivity index (χ1) is 13.6. The van der Waals surface area contributed by atoms with Crippen molar-refractivity contribution < 1.29 is 21.6 Å². The van der Waals surface area contributed by atoms with Gasteiger partial charge in [0, 0.05) is 19.4 Å². The van der Waals surface area contributed by atoms with Gasteiger partial charge in [0.05, 0.1) is 10.5 Å². The van der Waals surface area contributed by atoms with Crippen molar-refractivity contribution >= 4 is 10.0 Å². The Morgan fingerprint density at radius 2 is 1.86 bits per heavy atom. The van der Waals surface area contributed by atoms with E-state index >= 15 is 0 Å². The molecule has 29 heavy (non-hydrogen) atoms. The van der Waals surface area contributed by atoms with Crippen LogP contribution < -0.4 is 4.72 Å². The molecule has 0 aliphatic carbocycles. The maximum atomic E-state index is 12.8. The number of hydrogen-bond acceptors (Lipinski definition) is 4. The fourth-order valence-electron chi connectivity index (χ4n) is 2.76. The van der Waals surface area contributed by atoms with Crippen LogP contribution in [0.5, 0.6) is 0 Å². The number of hydrogen-bond donors (Lipinski definition) is 2. The Morgan fingerprint density at radius 3 is 2.59 bits per heavy atom. The second-order valence-corrected chi connectivity index (χ2v) is 8.30. The lowest BCUT2D eigenvalue weighted by Crippen LogP contribution is -2.26. The van der Waals surface area contributed by atoms with Gasteiger partial charge in [0.1, 0.15) is 5.82 Å². The number of nitrogens with one attached hydrogen (secondary N) is 2. The molecule has 3 aromatic rings. The number of benzene rings is 2. The normalized spacial score (nSPS) is 12.3. The minimum atomic E-state index is -4.61. The van der Waals surface area contributed by atoms with Gasteiger partial charge in [-0.25, -0.2) is 18.1 Å². The number of rotatable bonds is 7. The molecule has 6 nitrogen and oxygen atoms in total. The molecule has 0 saturated carbocycles. The summed E-state index contributed by atoms with van der Waals surface area (Å²) in [6.45, 7) is 1.95. The molecular weight excluding hydrogens is 405 g/mol. The zero-order valence-electron chi connectivity index (χ0n) is 15.5. The molecule has 3 rings (SSSR count). The molecule has 0 fully saturated rings. The number of sulfonamides is 1. The van der Waals surface area contributed by atoms with Crippen LogP contribution >= 0.6 is 0 Å². The zero-order chi connectivity index (χ0) is 21.1. The summed E-state index contributed by atoms with van der Waals surface area (Å²) in [5, 5.41) is 6.87. The van der Waals surface area contributed by atoms with Crippen molar-refractivity contribution in [2.45, 2.75) is 30.8 Å². The molecule has 0 amide bonds. The first kappa shape index (κ1) is 21.0. The monoisotopic (exact) mass is 424 g/mol. The van der Waals surface area contributed by atoms with E-state index in [1.165, 1.54) is 0 Å². The Labute approximate surface area is 166 Å². The number of alkyl halides is 3. The summed E-state index contributed by atoms with van der Waals surface area (Å²) < 4.78 is 65.1. The third-order valence-electron chi connectivity index (χ3n) is 4.14. The molecule has 2 aromatic carbocycles. The lowest BCUT2D eigenvalue weighted by Gasteiger charge is -2.10. The van der Waals surface area contributed by atoms with Crippen molar-refractivity contribution in [1.29, 1.82) is 0 Å². The second kappa shape index (κ2) is 8.34. The Hall–Kier alpha value is -2.72. The first-order valence-electron chi connectivity index (χ1n) is 8.76. The van der Waals surface area contributed by atoms with Crippen LogP contribution in [0.3, 0.4) is 0 Å². The zero-order valence-corrected chi connectivity index (χ0v) is 16.3. The fraction of sp³-hybridized carbons (Fsp3) is 0.263. The van der Waals surface area contributed by atoms with Crippen molar-refractivity contribution in [3.8, 4) is 0 Å². The number of halogens is 3. The van der Waals surface area contributed by atoms with E-state index in [9.17, 15) is 21.6 Å². The highest BCUT2D eigenvalue weighted by atomic mass is 32.2. The number of H-pyrrole nitrogens is 1. The summed E-state index contributed by atoms with van der Waals surface area (Å²) in [6, 6.07) is 11.5. The Balaban J connectivity index is 1.59. The fourth-order valence-corrected chi connectivity index (χ4v) is 3.84. The first-order valence-corrected chi connectivity index (χ1v) is 10.2. The second-order valence-electron chi connectivity index (χ2n) is 6.54. The molecule has 0 atom stereocenters. The number of aromatic amines is 1. The maximum Gasteiger partial charge on any atom is 0.416 e. The quantitative estimate of drug-likeness (QED) is 0.610. The van der Waals surface area contributed by atoms with Gasteiger partial charge in [0.15, 0.2) is 5.82 Å². The van der Waals surface area contributed by atoms with E-state index in [0.29, 0.717) is 24.1 Å². The number of aryl methyl sites for hydroxylation is 1. The minimum absolute atomic E-state index is 0.0414. The maximum absolute atomic E-state index is 12.8. The van der Waals surface area contributed by atoms with Crippen LogP contribution in [0.25, 0.3) is 0 Å². The van der Waals surface area contributed by atoms with Gasteiger partial charge < -0.3 is 0 Å². The Morgan fingerprint density at radius 1 is 1.10 bits per heavy atom. The third kappa shape index (κ3) is 5.64. The van der Waals surface area contributed by atoms with E-state index in [2.05, 4.69) is 19.9 Å². The van der Waals surface area contributed by atoms with Crippen molar-refractivity contribution in [1.82, 2.24) is 19.9 Å². The standard InChI is InChI=1S/C19H19F3N4O2S/c1-13-4-2-5-14(10-13)11-18-24-17(25-26-18)8-9-23-29(27,28)16-7-3-6-15(12-16)19(20,21)22/h2-7,10,12,23H,8-9,11H2,1H3,(H,24,25,26). The summed E-state index contributed by atoms with van der Waals surface area (Å²) in [6.07, 6.45) is -3.86. The lowest BCUT2D eigenvalue weighted by molar-refractivity contribution is -0.137. The molecule has 0 radical (unpaired) electrons. The molecule has 0 bridgehead atoms. The lowest BCUT2D eigenvalue weighted by atomic mass is 10.1. The summed E-state index contributed by atoms with van der Waals surface area (Å²) in [5.74, 6) is 1.06. The van der Waals surface area contributed by atoms with Crippen LogP contribution in [0.2, 0.25) is 0 Å². The summed E-state index contributed by atoms with van der Waals surface area (Å²) in [4.78, 5) is 3.88. The van der Waals surface area contributed by atoms with Gasteiger partial charge in [0.2, 0.25) is 10.0 Å². The van der Waals surface area contributed by atoms with E-state index in [-0.39, 0.29) is 13.0 Å². The van der Waals surface area contributed by atoms with Gasteiger partial charge >= 0.3 is 6.18 Å². The van der Waals surface area contributed by atoms with Crippen molar-refractivity contribution in [3.63, 3.8) is 0 Å². The van der Waals surface area contributed by atoms with Gasteiger partial charge in [-0.3, -0.25) is 5.10 Å². The summed E-state index contributed by atoms with van der Waals surface area (Å²) >= 11 is 0. The van der Waals surface area contributed by atoms with Gasteiger partial charge in [0.25, 0.3) is 0 Å². The van der Waals surface area contributed by atoms with E-state index in [1.807, 2.05) is 31.2 Å². The third-order valence-corrected chi connectivity index (χ3v) is 5.60. The smallest absolute Gasteiger partial charge is 0.263 e. The Bertz CT molecular complexity index is 1090. The molecule has 0 aliphatic heterocycles. The van der Waals surface area contributed by atoms with Gasteiger partial charge in [-0.15, -0.1) is 0 Å². The highest BCUT2D eigenvalue weighted by molar-refractivity contribution is 7.89. The molecular formula is C19H19F3N4O2S. The molecule has 10 heteroatoms. The molecule has 1 aromatic heterocycles. The van der Waals surface area contributed by atoms with Crippen molar-refractivity contribution in [2.75, 3.05) is 6.54 Å². The summed E-state index contributed by atoms with van der Waals surface area (Å²) in [5.41, 5.74) is 1.18. The van der Waals surface area contributed by atoms with Crippen molar-refractivity contribution in [3.05, 3.63) is 76.9 Å². The Kier molecular flexibility index (Phi) is 6.04. The molecule has 1 heterocycles. The predicted molar refractivity (Wildman–Crippen MR) is 101 cm³/mol. The van der Waals surface area contributed by atoms with Crippen LogP contribution in [0, 0.1) is 6.92 Å².